The summed E-state index contributed by atoms with van der Waals surface area (Å²) in [7, 11) is 1.57. The van der Waals surface area contributed by atoms with Crippen LogP contribution in [-0.2, 0) is 10.4 Å². The van der Waals surface area contributed by atoms with Crippen LogP contribution in [0.15, 0.2) is 48.5 Å². The molecule has 0 fully saturated rings. The predicted molar refractivity (Wildman–Crippen MR) is 93.4 cm³/mol. The normalized spacial score (nSPS) is 19.3. The average molecular weight is 341 g/mol. The van der Waals surface area contributed by atoms with Crippen molar-refractivity contribution in [1.29, 1.82) is 0 Å². The number of ether oxygens (including phenoxy) is 1. The number of rotatable bonds is 5. The minimum Gasteiger partial charge on any atom is -0.383 e. The van der Waals surface area contributed by atoms with Crippen LogP contribution >= 0.6 is 0 Å². The van der Waals surface area contributed by atoms with Gasteiger partial charge in [0.05, 0.1) is 17.1 Å². The summed E-state index contributed by atoms with van der Waals surface area (Å²) in [4.78, 5) is 25.4. The lowest BCUT2D eigenvalue weighted by atomic mass is 9.93. The SMILES string of the molecule is COCCN1C(=O)c2ccccc2NC1(C)c1cccc([N+](=O)[O-])c1. The first-order chi connectivity index (χ1) is 12.0. The van der Waals surface area contributed by atoms with E-state index in [1.807, 2.05) is 25.1 Å². The summed E-state index contributed by atoms with van der Waals surface area (Å²) < 4.78 is 5.14. The van der Waals surface area contributed by atoms with Crippen molar-refractivity contribution in [1.82, 2.24) is 4.90 Å². The number of non-ortho nitro benzene ring substituents is 1. The van der Waals surface area contributed by atoms with Crippen LogP contribution in [-0.4, -0.2) is 36.0 Å². The van der Waals surface area contributed by atoms with Gasteiger partial charge in [-0.05, 0) is 19.1 Å². The Morgan fingerprint density at radius 3 is 2.72 bits per heavy atom. The number of fused-ring (bicyclic) bond motifs is 1. The second-order valence-electron chi connectivity index (χ2n) is 6.00. The number of hydrogen-bond acceptors (Lipinski definition) is 5. The monoisotopic (exact) mass is 341 g/mol. The third kappa shape index (κ3) is 2.94. The van der Waals surface area contributed by atoms with Crippen LogP contribution < -0.4 is 5.32 Å². The summed E-state index contributed by atoms with van der Waals surface area (Å²) >= 11 is 0. The maximum atomic E-state index is 13.0. The van der Waals surface area contributed by atoms with E-state index >= 15 is 0 Å². The topological polar surface area (TPSA) is 84.7 Å². The van der Waals surface area contributed by atoms with Gasteiger partial charge in [0.25, 0.3) is 11.6 Å². The molecule has 25 heavy (non-hydrogen) atoms. The summed E-state index contributed by atoms with van der Waals surface area (Å²) in [6.45, 7) is 2.56. The number of benzene rings is 2. The number of amides is 1. The number of nitro groups is 1. The predicted octanol–water partition coefficient (Wildman–Crippen LogP) is 2.98. The molecular formula is C18H19N3O4. The molecule has 1 N–H and O–H groups in total. The van der Waals surface area contributed by atoms with Gasteiger partial charge in [0.2, 0.25) is 0 Å². The lowest BCUT2D eigenvalue weighted by molar-refractivity contribution is -0.385. The van der Waals surface area contributed by atoms with Gasteiger partial charge in [0.1, 0.15) is 5.66 Å². The highest BCUT2D eigenvalue weighted by Gasteiger charge is 2.42. The highest BCUT2D eigenvalue weighted by Crippen LogP contribution is 2.38. The number of carbonyl (C=O) groups excluding carboxylic acids is 1. The molecule has 2 aromatic rings. The molecule has 130 valence electrons. The molecule has 0 bridgehead atoms. The van der Waals surface area contributed by atoms with E-state index in [2.05, 4.69) is 5.32 Å². The van der Waals surface area contributed by atoms with Crippen molar-refractivity contribution in [2.45, 2.75) is 12.6 Å². The lowest BCUT2D eigenvalue weighted by Gasteiger charge is -2.46. The van der Waals surface area contributed by atoms with Crippen molar-refractivity contribution < 1.29 is 14.5 Å². The Bertz CT molecular complexity index is 823. The van der Waals surface area contributed by atoms with E-state index in [9.17, 15) is 14.9 Å². The molecule has 1 aliphatic rings. The van der Waals surface area contributed by atoms with Gasteiger partial charge in [-0.15, -0.1) is 0 Å². The molecule has 1 amide bonds. The van der Waals surface area contributed by atoms with Crippen molar-refractivity contribution in [2.75, 3.05) is 25.6 Å². The Morgan fingerprint density at radius 1 is 1.24 bits per heavy atom. The third-order valence-electron chi connectivity index (χ3n) is 4.46. The molecule has 0 aliphatic carbocycles. The van der Waals surface area contributed by atoms with Gasteiger partial charge < -0.3 is 15.0 Å². The minimum absolute atomic E-state index is 0.0153. The van der Waals surface area contributed by atoms with Crippen LogP contribution in [0.3, 0.4) is 0 Å². The molecule has 7 nitrogen and oxygen atoms in total. The number of nitro benzene ring substituents is 1. The molecule has 0 saturated heterocycles. The number of nitrogens with one attached hydrogen (secondary N) is 1. The molecular weight excluding hydrogens is 322 g/mol. The lowest BCUT2D eigenvalue weighted by Crippen LogP contribution is -2.56. The molecule has 1 aliphatic heterocycles. The molecule has 0 spiro atoms. The second kappa shape index (κ2) is 6.52. The van der Waals surface area contributed by atoms with E-state index in [1.165, 1.54) is 12.1 Å². The van der Waals surface area contributed by atoms with Crippen LogP contribution in [0.25, 0.3) is 0 Å². The summed E-state index contributed by atoms with van der Waals surface area (Å²) in [5, 5.41) is 14.5. The van der Waals surface area contributed by atoms with Crippen molar-refractivity contribution in [2.24, 2.45) is 0 Å². The molecule has 0 aromatic heterocycles. The Labute approximate surface area is 145 Å². The molecule has 3 rings (SSSR count). The van der Waals surface area contributed by atoms with Gasteiger partial charge in [-0.2, -0.15) is 0 Å². The fourth-order valence-corrected chi connectivity index (χ4v) is 3.11. The van der Waals surface area contributed by atoms with Crippen LogP contribution in [0.4, 0.5) is 11.4 Å². The van der Waals surface area contributed by atoms with E-state index in [-0.39, 0.29) is 11.6 Å². The highest BCUT2D eigenvalue weighted by molar-refractivity contribution is 6.02. The quantitative estimate of drug-likeness (QED) is 0.667. The summed E-state index contributed by atoms with van der Waals surface area (Å²) in [6.07, 6.45) is 0. The summed E-state index contributed by atoms with van der Waals surface area (Å²) in [5.41, 5.74) is 0.978. The molecule has 7 heteroatoms. The smallest absolute Gasteiger partial charge is 0.269 e. The van der Waals surface area contributed by atoms with E-state index in [0.717, 1.165) is 0 Å². The van der Waals surface area contributed by atoms with Gasteiger partial charge in [0.15, 0.2) is 0 Å². The molecule has 1 unspecified atom stereocenters. The second-order valence-corrected chi connectivity index (χ2v) is 6.00. The third-order valence-corrected chi connectivity index (χ3v) is 4.46. The molecule has 1 heterocycles. The number of nitrogens with zero attached hydrogens (tertiary/aromatic N) is 2. The Morgan fingerprint density at radius 2 is 2.00 bits per heavy atom. The van der Waals surface area contributed by atoms with Crippen molar-refractivity contribution in [3.05, 3.63) is 69.8 Å². The van der Waals surface area contributed by atoms with E-state index in [1.54, 1.807) is 30.2 Å². The number of carbonyl (C=O) groups is 1. The van der Waals surface area contributed by atoms with Gasteiger partial charge in [-0.25, -0.2) is 0 Å². The maximum Gasteiger partial charge on any atom is 0.269 e. The number of hydrogen-bond donors (Lipinski definition) is 1. The van der Waals surface area contributed by atoms with Gasteiger partial charge in [-0.1, -0.05) is 24.3 Å². The van der Waals surface area contributed by atoms with Crippen molar-refractivity contribution in [3.63, 3.8) is 0 Å². The fourth-order valence-electron chi connectivity index (χ4n) is 3.11. The zero-order valence-electron chi connectivity index (χ0n) is 14.1. The fraction of sp³-hybridized carbons (Fsp3) is 0.278. The summed E-state index contributed by atoms with van der Waals surface area (Å²) in [6, 6.07) is 13.6. The summed E-state index contributed by atoms with van der Waals surface area (Å²) in [5.74, 6) is -0.139. The van der Waals surface area contributed by atoms with Gasteiger partial charge in [-0.3, -0.25) is 14.9 Å². The van der Waals surface area contributed by atoms with Crippen LogP contribution in [0, 0.1) is 10.1 Å². The van der Waals surface area contributed by atoms with E-state index in [4.69, 9.17) is 4.74 Å². The molecule has 1 atom stereocenters. The number of anilines is 1. The minimum atomic E-state index is -0.921. The first-order valence-corrected chi connectivity index (χ1v) is 7.90. The first-order valence-electron chi connectivity index (χ1n) is 7.90. The Hall–Kier alpha value is -2.93. The van der Waals surface area contributed by atoms with E-state index < -0.39 is 10.6 Å². The largest absolute Gasteiger partial charge is 0.383 e. The number of methoxy groups -OCH3 is 1. The Balaban J connectivity index is 2.11. The van der Waals surface area contributed by atoms with Gasteiger partial charge >= 0.3 is 0 Å². The van der Waals surface area contributed by atoms with E-state index in [0.29, 0.717) is 30.0 Å². The molecule has 0 radical (unpaired) electrons. The zero-order chi connectivity index (χ0) is 18.0. The van der Waals surface area contributed by atoms with Crippen molar-refractivity contribution in [3.8, 4) is 0 Å². The van der Waals surface area contributed by atoms with Crippen LogP contribution in [0.1, 0.15) is 22.8 Å². The molecule has 2 aromatic carbocycles. The van der Waals surface area contributed by atoms with Crippen LogP contribution in [0.5, 0.6) is 0 Å². The maximum absolute atomic E-state index is 13.0. The highest BCUT2D eigenvalue weighted by atomic mass is 16.6. The molecule has 0 saturated carbocycles. The standard InChI is InChI=1S/C18H19N3O4/c1-18(13-6-5-7-14(12-13)21(23)24)19-16-9-4-3-8-15(16)17(22)20(18)10-11-25-2/h3-9,12,19H,10-11H2,1-2H3. The van der Waals surface area contributed by atoms with Gasteiger partial charge in [0, 0.05) is 37.0 Å². The average Bonchev–Trinajstić information content (AvgIpc) is 2.61. The number of para-hydroxylation sites is 1. The van der Waals surface area contributed by atoms with Crippen LogP contribution in [0.2, 0.25) is 0 Å². The zero-order valence-corrected chi connectivity index (χ0v) is 14.1. The first kappa shape index (κ1) is 16.9. The Kier molecular flexibility index (Phi) is 4.41. The van der Waals surface area contributed by atoms with Crippen molar-refractivity contribution >= 4 is 17.3 Å².